The van der Waals surface area contributed by atoms with E-state index in [0.717, 1.165) is 29.7 Å². The van der Waals surface area contributed by atoms with Crippen molar-refractivity contribution in [3.63, 3.8) is 0 Å². The molecule has 0 radical (unpaired) electrons. The van der Waals surface area contributed by atoms with Gasteiger partial charge in [0, 0.05) is 30.6 Å². The van der Waals surface area contributed by atoms with Crippen molar-refractivity contribution >= 4 is 11.0 Å². The van der Waals surface area contributed by atoms with Crippen LogP contribution in [0.15, 0.2) is 28.7 Å². The Morgan fingerprint density at radius 1 is 1.21 bits per heavy atom. The van der Waals surface area contributed by atoms with E-state index in [0.29, 0.717) is 0 Å². The van der Waals surface area contributed by atoms with Gasteiger partial charge in [0.1, 0.15) is 11.3 Å². The lowest BCUT2D eigenvalue weighted by Gasteiger charge is -2.16. The Labute approximate surface area is 113 Å². The van der Waals surface area contributed by atoms with Gasteiger partial charge in [-0.1, -0.05) is 18.2 Å². The van der Waals surface area contributed by atoms with Crippen molar-refractivity contribution in [3.05, 3.63) is 35.6 Å². The van der Waals surface area contributed by atoms with E-state index in [-0.39, 0.29) is 0 Å². The number of hydrogen-bond acceptors (Lipinski definition) is 3. The third kappa shape index (κ3) is 1.88. The van der Waals surface area contributed by atoms with Crippen molar-refractivity contribution in [2.24, 2.45) is 11.8 Å². The largest absolute Gasteiger partial charge is 0.461 e. The first-order valence-electron chi connectivity index (χ1n) is 7.21. The second-order valence-electron chi connectivity index (χ2n) is 6.01. The Morgan fingerprint density at radius 3 is 2.74 bits per heavy atom. The molecule has 1 aromatic carbocycles. The van der Waals surface area contributed by atoms with Gasteiger partial charge in [-0.05, 0) is 37.9 Å². The minimum Gasteiger partial charge on any atom is -0.461 e. The fraction of sp³-hybridized carbons (Fsp3) is 0.500. The van der Waals surface area contributed by atoms with Crippen LogP contribution in [-0.2, 0) is 6.54 Å². The standard InChI is InChI=1S/C16H20N2O/c1-11-15(14-4-2-3-5-16(14)19-11)10-18-8-12-6-17-7-13(12)9-18/h2-5,12-13,17H,6-10H2,1H3/t12-,13+. The lowest BCUT2D eigenvalue weighted by atomic mass is 10.0. The molecule has 0 aliphatic carbocycles. The third-order valence-electron chi connectivity index (χ3n) is 4.75. The van der Waals surface area contributed by atoms with Crippen LogP contribution < -0.4 is 5.32 Å². The zero-order valence-electron chi connectivity index (χ0n) is 11.4. The van der Waals surface area contributed by atoms with Crippen LogP contribution in [0.2, 0.25) is 0 Å². The van der Waals surface area contributed by atoms with E-state index in [9.17, 15) is 0 Å². The maximum absolute atomic E-state index is 5.86. The van der Waals surface area contributed by atoms with Crippen LogP contribution in [0.5, 0.6) is 0 Å². The van der Waals surface area contributed by atoms with E-state index in [2.05, 4.69) is 35.3 Å². The number of para-hydroxylation sites is 1. The van der Waals surface area contributed by atoms with Crippen molar-refractivity contribution in [1.29, 1.82) is 0 Å². The first kappa shape index (κ1) is 11.5. The van der Waals surface area contributed by atoms with Gasteiger partial charge in [0.25, 0.3) is 0 Å². The number of likely N-dealkylation sites (tertiary alicyclic amines) is 1. The van der Waals surface area contributed by atoms with Gasteiger partial charge in [0.15, 0.2) is 0 Å². The number of fused-ring (bicyclic) bond motifs is 2. The van der Waals surface area contributed by atoms with Gasteiger partial charge < -0.3 is 9.73 Å². The Bertz CT molecular complexity index is 592. The molecule has 2 aromatic rings. The van der Waals surface area contributed by atoms with Gasteiger partial charge in [-0.15, -0.1) is 0 Å². The van der Waals surface area contributed by atoms with E-state index in [1.54, 1.807) is 0 Å². The molecule has 2 fully saturated rings. The zero-order valence-corrected chi connectivity index (χ0v) is 11.4. The smallest absolute Gasteiger partial charge is 0.134 e. The first-order chi connectivity index (χ1) is 9.31. The summed E-state index contributed by atoms with van der Waals surface area (Å²) in [7, 11) is 0. The highest BCUT2D eigenvalue weighted by Gasteiger charge is 2.36. The SMILES string of the molecule is Cc1oc2ccccc2c1CN1C[C@H]2CNC[C@H]2C1. The molecule has 3 nitrogen and oxygen atoms in total. The summed E-state index contributed by atoms with van der Waals surface area (Å²) in [6.45, 7) is 8.00. The Kier molecular flexibility index (Phi) is 2.64. The summed E-state index contributed by atoms with van der Waals surface area (Å²) in [6, 6.07) is 8.39. The van der Waals surface area contributed by atoms with Crippen LogP contribution >= 0.6 is 0 Å². The fourth-order valence-corrected chi connectivity index (χ4v) is 3.72. The molecular formula is C16H20N2O. The molecule has 3 heterocycles. The van der Waals surface area contributed by atoms with E-state index < -0.39 is 0 Å². The van der Waals surface area contributed by atoms with Gasteiger partial charge in [0.05, 0.1) is 0 Å². The monoisotopic (exact) mass is 256 g/mol. The predicted molar refractivity (Wildman–Crippen MR) is 76.1 cm³/mol. The fourth-order valence-electron chi connectivity index (χ4n) is 3.72. The number of benzene rings is 1. The zero-order chi connectivity index (χ0) is 12.8. The van der Waals surface area contributed by atoms with E-state index in [1.807, 2.05) is 6.07 Å². The number of nitrogens with one attached hydrogen (secondary N) is 1. The third-order valence-corrected chi connectivity index (χ3v) is 4.75. The van der Waals surface area contributed by atoms with Crippen LogP contribution in [0.4, 0.5) is 0 Å². The van der Waals surface area contributed by atoms with Crippen molar-refractivity contribution in [1.82, 2.24) is 10.2 Å². The molecule has 0 saturated carbocycles. The second kappa shape index (κ2) is 4.36. The first-order valence-corrected chi connectivity index (χ1v) is 7.21. The lowest BCUT2D eigenvalue weighted by molar-refractivity contribution is 0.304. The van der Waals surface area contributed by atoms with Gasteiger partial charge in [-0.3, -0.25) is 4.90 Å². The summed E-state index contributed by atoms with van der Waals surface area (Å²) in [4.78, 5) is 2.60. The van der Waals surface area contributed by atoms with Crippen LogP contribution in [0, 0.1) is 18.8 Å². The summed E-state index contributed by atoms with van der Waals surface area (Å²) >= 11 is 0. The highest BCUT2D eigenvalue weighted by Crippen LogP contribution is 2.31. The van der Waals surface area contributed by atoms with Crippen LogP contribution in [0.3, 0.4) is 0 Å². The van der Waals surface area contributed by atoms with E-state index in [1.165, 1.54) is 37.1 Å². The van der Waals surface area contributed by atoms with Crippen molar-refractivity contribution in [3.8, 4) is 0 Å². The molecule has 0 amide bonds. The van der Waals surface area contributed by atoms with Crippen LogP contribution in [0.1, 0.15) is 11.3 Å². The molecule has 19 heavy (non-hydrogen) atoms. The topological polar surface area (TPSA) is 28.4 Å². The normalized spacial score (nSPS) is 27.2. The van der Waals surface area contributed by atoms with Crippen molar-refractivity contribution < 1.29 is 4.42 Å². The predicted octanol–water partition coefficient (Wildman–Crippen LogP) is 2.39. The summed E-state index contributed by atoms with van der Waals surface area (Å²) in [5.41, 5.74) is 2.40. The van der Waals surface area contributed by atoms with Gasteiger partial charge in [0.2, 0.25) is 0 Å². The maximum atomic E-state index is 5.86. The number of aryl methyl sites for hydroxylation is 1. The summed E-state index contributed by atoms with van der Waals surface area (Å²) in [5, 5.41) is 4.79. The highest BCUT2D eigenvalue weighted by molar-refractivity contribution is 5.82. The molecule has 2 aliphatic heterocycles. The quantitative estimate of drug-likeness (QED) is 0.894. The molecule has 100 valence electrons. The number of hydrogen-bond donors (Lipinski definition) is 1. The van der Waals surface area contributed by atoms with Crippen LogP contribution in [-0.4, -0.2) is 31.1 Å². The van der Waals surface area contributed by atoms with Gasteiger partial charge in [-0.25, -0.2) is 0 Å². The Balaban J connectivity index is 1.60. The van der Waals surface area contributed by atoms with Gasteiger partial charge in [-0.2, -0.15) is 0 Å². The molecule has 2 atom stereocenters. The summed E-state index contributed by atoms with van der Waals surface area (Å²) in [5.74, 6) is 2.80. The molecule has 2 aliphatic rings. The average Bonchev–Trinajstić information content (AvgIpc) is 3.04. The lowest BCUT2D eigenvalue weighted by Crippen LogP contribution is -2.25. The number of furan rings is 1. The summed E-state index contributed by atoms with van der Waals surface area (Å²) < 4.78 is 5.86. The molecular weight excluding hydrogens is 236 g/mol. The number of nitrogens with zero attached hydrogens (tertiary/aromatic N) is 1. The Morgan fingerprint density at radius 2 is 1.95 bits per heavy atom. The molecule has 0 unspecified atom stereocenters. The van der Waals surface area contributed by atoms with E-state index >= 15 is 0 Å². The molecule has 2 saturated heterocycles. The summed E-state index contributed by atoms with van der Waals surface area (Å²) in [6.07, 6.45) is 0. The molecule has 0 bridgehead atoms. The minimum absolute atomic E-state index is 0.860. The van der Waals surface area contributed by atoms with Crippen molar-refractivity contribution in [2.45, 2.75) is 13.5 Å². The molecule has 1 aromatic heterocycles. The maximum Gasteiger partial charge on any atom is 0.134 e. The molecule has 0 spiro atoms. The van der Waals surface area contributed by atoms with Gasteiger partial charge >= 0.3 is 0 Å². The van der Waals surface area contributed by atoms with Crippen LogP contribution in [0.25, 0.3) is 11.0 Å². The Hall–Kier alpha value is -1.32. The second-order valence-corrected chi connectivity index (χ2v) is 6.01. The minimum atomic E-state index is 0.860. The van der Waals surface area contributed by atoms with E-state index in [4.69, 9.17) is 4.42 Å². The molecule has 4 rings (SSSR count). The molecule has 1 N–H and O–H groups in total. The average molecular weight is 256 g/mol. The number of rotatable bonds is 2. The molecule has 3 heteroatoms. The van der Waals surface area contributed by atoms with Crippen molar-refractivity contribution in [2.75, 3.05) is 26.2 Å². The highest BCUT2D eigenvalue weighted by atomic mass is 16.3.